The van der Waals surface area contributed by atoms with Crippen molar-refractivity contribution in [1.29, 1.82) is 0 Å². The smallest absolute Gasteiger partial charge is 0.305 e. The average Bonchev–Trinajstić information content (AvgIpc) is 3.45. The summed E-state index contributed by atoms with van der Waals surface area (Å²) in [6.45, 7) is 4.97. The highest BCUT2D eigenvalue weighted by Crippen LogP contribution is 2.18. The predicted molar refractivity (Wildman–Crippen MR) is 347 cm³/mol. The number of carbonyl (C=O) groups excluding carboxylic acids is 2. The fraction of sp³-hybridized carbons (Fsp3) is 0.890. The molecular formula is C73H139NO5. The zero-order chi connectivity index (χ0) is 57.1. The van der Waals surface area contributed by atoms with Crippen molar-refractivity contribution in [2.45, 2.75) is 405 Å². The number of nitrogens with one attached hydrogen (secondary N) is 1. The number of esters is 1. The third-order valence-electron chi connectivity index (χ3n) is 16.7. The first-order valence-corrected chi connectivity index (χ1v) is 35.7. The van der Waals surface area contributed by atoms with E-state index < -0.39 is 12.1 Å². The molecule has 0 aliphatic heterocycles. The van der Waals surface area contributed by atoms with Crippen molar-refractivity contribution in [3.8, 4) is 0 Å². The van der Waals surface area contributed by atoms with Gasteiger partial charge in [-0.3, -0.25) is 9.59 Å². The average molecular weight is 1110 g/mol. The second-order valence-corrected chi connectivity index (χ2v) is 24.6. The van der Waals surface area contributed by atoms with E-state index in [9.17, 15) is 19.8 Å². The minimum absolute atomic E-state index is 0.00565. The predicted octanol–water partition coefficient (Wildman–Crippen LogP) is 23.1. The van der Waals surface area contributed by atoms with E-state index in [1.807, 2.05) is 0 Å². The molecule has 0 rings (SSSR count). The van der Waals surface area contributed by atoms with Gasteiger partial charge < -0.3 is 20.3 Å². The Labute approximate surface area is 494 Å². The van der Waals surface area contributed by atoms with Gasteiger partial charge in [-0.1, -0.05) is 333 Å². The number of rotatable bonds is 67. The van der Waals surface area contributed by atoms with Gasteiger partial charge in [0.25, 0.3) is 0 Å². The molecule has 0 aliphatic carbocycles. The maximum atomic E-state index is 12.5. The van der Waals surface area contributed by atoms with E-state index in [1.165, 1.54) is 308 Å². The van der Waals surface area contributed by atoms with Gasteiger partial charge in [-0.2, -0.15) is 0 Å². The standard InChI is InChI=1S/C73H139NO5/c1-3-5-7-9-11-13-15-17-19-38-41-45-49-53-57-61-65-71(76)70(69-75)74-72(77)66-62-58-54-50-46-42-39-35-33-31-29-27-25-23-21-20-22-24-26-28-30-32-34-36-40-44-48-52-56-60-64-68-79-73(78)67-63-59-55-51-47-43-37-18-16-14-12-10-8-6-4-2/h18,22,24,28,30,37,70-71,75-76H,3-17,19-21,23,25-27,29,31-36,38-69H2,1-2H3,(H,74,77)/b24-22-,30-28-,37-18-. The number of hydrogen-bond acceptors (Lipinski definition) is 5. The molecule has 0 heterocycles. The van der Waals surface area contributed by atoms with Gasteiger partial charge in [0, 0.05) is 12.8 Å². The van der Waals surface area contributed by atoms with Gasteiger partial charge >= 0.3 is 5.97 Å². The quantitative estimate of drug-likeness (QED) is 0.0320. The Morgan fingerprint density at radius 2 is 0.633 bits per heavy atom. The zero-order valence-corrected chi connectivity index (χ0v) is 53.4. The minimum atomic E-state index is -0.664. The van der Waals surface area contributed by atoms with Crippen molar-refractivity contribution < 1.29 is 24.5 Å². The van der Waals surface area contributed by atoms with E-state index in [-0.39, 0.29) is 18.5 Å². The van der Waals surface area contributed by atoms with Crippen LogP contribution in [0.15, 0.2) is 36.5 Å². The number of aliphatic hydroxyl groups is 2. The molecule has 6 heteroatoms. The first kappa shape index (κ1) is 77.1. The fourth-order valence-corrected chi connectivity index (χ4v) is 11.2. The van der Waals surface area contributed by atoms with Gasteiger partial charge in [0.15, 0.2) is 0 Å². The number of unbranched alkanes of at least 4 members (excludes halogenated alkanes) is 50. The summed E-state index contributed by atoms with van der Waals surface area (Å²) in [6.07, 6.45) is 87.7. The van der Waals surface area contributed by atoms with Crippen LogP contribution in [-0.4, -0.2) is 47.4 Å². The number of allylic oxidation sites excluding steroid dienone is 6. The Morgan fingerprint density at radius 3 is 0.975 bits per heavy atom. The highest BCUT2D eigenvalue weighted by atomic mass is 16.5. The van der Waals surface area contributed by atoms with Crippen LogP contribution >= 0.6 is 0 Å². The van der Waals surface area contributed by atoms with Crippen LogP contribution in [0.4, 0.5) is 0 Å². The van der Waals surface area contributed by atoms with E-state index >= 15 is 0 Å². The summed E-state index contributed by atoms with van der Waals surface area (Å²) in [4.78, 5) is 24.6. The fourth-order valence-electron chi connectivity index (χ4n) is 11.2. The van der Waals surface area contributed by atoms with Gasteiger partial charge in [0.1, 0.15) is 0 Å². The molecule has 0 aromatic rings. The van der Waals surface area contributed by atoms with E-state index in [4.69, 9.17) is 4.74 Å². The van der Waals surface area contributed by atoms with Crippen LogP contribution in [0.2, 0.25) is 0 Å². The maximum absolute atomic E-state index is 12.5. The molecule has 0 aliphatic rings. The molecule has 2 atom stereocenters. The van der Waals surface area contributed by atoms with Crippen LogP contribution in [0.3, 0.4) is 0 Å². The second-order valence-electron chi connectivity index (χ2n) is 24.6. The van der Waals surface area contributed by atoms with Crippen molar-refractivity contribution in [2.75, 3.05) is 13.2 Å². The number of ether oxygens (including phenoxy) is 1. The summed E-state index contributed by atoms with van der Waals surface area (Å²) < 4.78 is 5.49. The monoisotopic (exact) mass is 1110 g/mol. The summed E-state index contributed by atoms with van der Waals surface area (Å²) in [6, 6.07) is -0.541. The molecule has 0 radical (unpaired) electrons. The largest absolute Gasteiger partial charge is 0.466 e. The molecule has 0 saturated heterocycles. The molecule has 0 aromatic carbocycles. The molecule has 79 heavy (non-hydrogen) atoms. The van der Waals surface area contributed by atoms with E-state index in [0.717, 1.165) is 51.4 Å². The normalized spacial score (nSPS) is 12.7. The van der Waals surface area contributed by atoms with Crippen LogP contribution in [0.5, 0.6) is 0 Å². The lowest BCUT2D eigenvalue weighted by Crippen LogP contribution is -2.45. The molecule has 1 amide bonds. The topological polar surface area (TPSA) is 95.9 Å². The van der Waals surface area contributed by atoms with Gasteiger partial charge in [-0.05, 0) is 83.5 Å². The third kappa shape index (κ3) is 65.1. The first-order chi connectivity index (χ1) is 39.0. The van der Waals surface area contributed by atoms with Crippen LogP contribution in [0, 0.1) is 0 Å². The van der Waals surface area contributed by atoms with Crippen molar-refractivity contribution in [1.82, 2.24) is 5.32 Å². The van der Waals surface area contributed by atoms with Gasteiger partial charge in [0.2, 0.25) is 5.91 Å². The van der Waals surface area contributed by atoms with Gasteiger partial charge in [0.05, 0.1) is 25.4 Å². The lowest BCUT2D eigenvalue weighted by atomic mass is 10.0. The number of amides is 1. The van der Waals surface area contributed by atoms with Crippen LogP contribution < -0.4 is 5.32 Å². The lowest BCUT2D eigenvalue weighted by molar-refractivity contribution is -0.143. The highest BCUT2D eigenvalue weighted by Gasteiger charge is 2.20. The highest BCUT2D eigenvalue weighted by molar-refractivity contribution is 5.76. The summed E-state index contributed by atoms with van der Waals surface area (Å²) >= 11 is 0. The molecule has 0 spiro atoms. The van der Waals surface area contributed by atoms with Crippen LogP contribution in [0.1, 0.15) is 393 Å². The minimum Gasteiger partial charge on any atom is -0.466 e. The van der Waals surface area contributed by atoms with Crippen LogP contribution in [0.25, 0.3) is 0 Å². The first-order valence-electron chi connectivity index (χ1n) is 35.7. The lowest BCUT2D eigenvalue weighted by Gasteiger charge is -2.22. The molecule has 6 nitrogen and oxygen atoms in total. The Kier molecular flexibility index (Phi) is 66.9. The Morgan fingerprint density at radius 1 is 0.354 bits per heavy atom. The summed E-state index contributed by atoms with van der Waals surface area (Å²) in [5.41, 5.74) is 0. The molecule has 466 valence electrons. The molecule has 3 N–H and O–H groups in total. The maximum Gasteiger partial charge on any atom is 0.305 e. The van der Waals surface area contributed by atoms with Crippen LogP contribution in [-0.2, 0) is 14.3 Å². The van der Waals surface area contributed by atoms with E-state index in [2.05, 4.69) is 55.6 Å². The Hall–Kier alpha value is -1.92. The molecule has 0 aromatic heterocycles. The number of hydrogen-bond donors (Lipinski definition) is 3. The number of aliphatic hydroxyl groups excluding tert-OH is 2. The number of carbonyl (C=O) groups is 2. The molecule has 2 unspecified atom stereocenters. The third-order valence-corrected chi connectivity index (χ3v) is 16.7. The summed E-state index contributed by atoms with van der Waals surface area (Å²) in [5, 5.41) is 23.4. The van der Waals surface area contributed by atoms with Gasteiger partial charge in [-0.25, -0.2) is 0 Å². The Balaban J connectivity index is 3.39. The van der Waals surface area contributed by atoms with E-state index in [1.54, 1.807) is 0 Å². The molecule has 0 saturated carbocycles. The zero-order valence-electron chi connectivity index (χ0n) is 53.4. The van der Waals surface area contributed by atoms with Crippen molar-refractivity contribution in [3.05, 3.63) is 36.5 Å². The summed E-state index contributed by atoms with van der Waals surface area (Å²) in [5.74, 6) is -0.0259. The Bertz CT molecular complexity index is 1280. The molecule has 0 bridgehead atoms. The SMILES string of the molecule is CCCCCCCC/C=C\CCCCCCCC(=O)OCCCCCCCCCCC/C=C\C/C=C\CCCCCCCCCCCCCCCCCC(=O)NC(CO)C(O)CCCCCCCCCCCCCCCCCC. The van der Waals surface area contributed by atoms with Crippen molar-refractivity contribution in [2.24, 2.45) is 0 Å². The van der Waals surface area contributed by atoms with Crippen molar-refractivity contribution >= 4 is 11.9 Å². The summed E-state index contributed by atoms with van der Waals surface area (Å²) in [7, 11) is 0. The molecule has 0 fully saturated rings. The van der Waals surface area contributed by atoms with Crippen molar-refractivity contribution in [3.63, 3.8) is 0 Å². The molecular weight excluding hydrogens is 971 g/mol. The van der Waals surface area contributed by atoms with E-state index in [0.29, 0.717) is 25.9 Å². The van der Waals surface area contributed by atoms with Gasteiger partial charge in [-0.15, -0.1) is 0 Å². The second kappa shape index (κ2) is 68.6.